The summed E-state index contributed by atoms with van der Waals surface area (Å²) in [5.74, 6) is -0.546. The minimum absolute atomic E-state index is 0.0391. The maximum absolute atomic E-state index is 13.0. The largest absolute Gasteiger partial charge is 0.507 e. The number of aliphatic hydroxyl groups excluding tert-OH is 10. The summed E-state index contributed by atoms with van der Waals surface area (Å²) in [7, 11) is 0. The number of rotatable bonds is 9. The van der Waals surface area contributed by atoms with Crippen LogP contribution in [0.25, 0.3) is 22.3 Å². The number of fused-ring (bicyclic) bond motifs is 1. The molecule has 19 heteroatoms. The highest BCUT2D eigenvalue weighted by atomic mass is 16.7. The average Bonchev–Trinajstić information content (AvgIpc) is 3.12. The number of aromatic hydroxyl groups is 1. The lowest BCUT2D eigenvalue weighted by Crippen LogP contribution is -2.61. The Morgan fingerprint density at radius 2 is 1.19 bits per heavy atom. The molecule has 1 aromatic heterocycles. The van der Waals surface area contributed by atoms with Crippen molar-refractivity contribution in [2.45, 2.75) is 99.0 Å². The molecule has 0 radical (unpaired) electrons. The molecule has 0 bridgehead atoms. The van der Waals surface area contributed by atoms with E-state index in [-0.39, 0.29) is 28.2 Å². The number of benzene rings is 2. The van der Waals surface area contributed by atoms with E-state index in [1.165, 1.54) is 37.3 Å². The Labute approximate surface area is 293 Å². The lowest BCUT2D eigenvalue weighted by Gasteiger charge is -2.42. The van der Waals surface area contributed by atoms with Crippen LogP contribution in [-0.2, 0) is 18.9 Å². The minimum Gasteiger partial charge on any atom is -0.507 e. The summed E-state index contributed by atoms with van der Waals surface area (Å²) in [6, 6.07) is 9.25. The van der Waals surface area contributed by atoms with Crippen LogP contribution < -0.4 is 14.9 Å². The molecule has 19 nitrogen and oxygen atoms in total. The molecular weight excluding hydrogens is 700 g/mol. The van der Waals surface area contributed by atoms with E-state index >= 15 is 0 Å². The third-order valence-corrected chi connectivity index (χ3v) is 9.18. The summed E-state index contributed by atoms with van der Waals surface area (Å²) in [4.78, 5) is 13.0. The highest BCUT2D eigenvalue weighted by molar-refractivity contribution is 5.86. The van der Waals surface area contributed by atoms with E-state index < -0.39 is 117 Å². The Hall–Kier alpha value is -3.51. The van der Waals surface area contributed by atoms with Crippen molar-refractivity contribution in [2.75, 3.05) is 13.2 Å². The topological polar surface area (TPSA) is 308 Å². The van der Waals surface area contributed by atoms with E-state index in [0.29, 0.717) is 5.56 Å². The predicted molar refractivity (Wildman–Crippen MR) is 170 cm³/mol. The summed E-state index contributed by atoms with van der Waals surface area (Å²) >= 11 is 0. The molecule has 3 fully saturated rings. The SMILES string of the molecule is CC1OC(OCC2OC(Oc3cc(O)c4c(=O)cc(-c5ccc(OC6OC(CO)C(O)C(O)C6O)cc5)oc4c3)C(O)C(O)C2O)C(O)C(O)C1O. The first-order valence-electron chi connectivity index (χ1n) is 16.2. The van der Waals surface area contributed by atoms with Gasteiger partial charge in [0.05, 0.1) is 19.3 Å². The van der Waals surface area contributed by atoms with Gasteiger partial charge < -0.3 is 89.0 Å². The first kappa shape index (κ1) is 38.2. The van der Waals surface area contributed by atoms with Crippen LogP contribution in [0.3, 0.4) is 0 Å². The molecule has 3 aliphatic rings. The van der Waals surface area contributed by atoms with Crippen molar-refractivity contribution in [3.63, 3.8) is 0 Å². The van der Waals surface area contributed by atoms with Crippen molar-refractivity contribution in [1.82, 2.24) is 0 Å². The summed E-state index contributed by atoms with van der Waals surface area (Å²) in [6.45, 7) is 0.274. The van der Waals surface area contributed by atoms with E-state index in [9.17, 15) is 61.0 Å². The molecule has 3 aliphatic heterocycles. The normalized spacial score (nSPS) is 38.2. The smallest absolute Gasteiger partial charge is 0.229 e. The number of aliphatic hydroxyl groups is 10. The summed E-state index contributed by atoms with van der Waals surface area (Å²) in [5.41, 5.74) is -0.422. The Morgan fingerprint density at radius 1 is 0.635 bits per heavy atom. The standard InChI is InChI=1S/C33H40O19/c1-11-22(37)25(40)28(43)31(47-11)46-10-20-24(39)27(42)30(45)33(52-20)49-14-6-15(35)21-16(36)8-17(50-18(21)7-14)12-2-4-13(5-3-12)48-32-29(44)26(41)23(38)19(9-34)51-32/h2-8,11,19-20,22-35,37-45H,9-10H2,1H3. The molecule has 15 unspecified atom stereocenters. The number of phenolic OH excluding ortho intramolecular Hbond substituents is 1. The molecular formula is C33H40O19. The van der Waals surface area contributed by atoms with Gasteiger partial charge in [-0.05, 0) is 31.2 Å². The first-order chi connectivity index (χ1) is 24.7. The third kappa shape index (κ3) is 7.47. The first-order valence-corrected chi connectivity index (χ1v) is 16.2. The van der Waals surface area contributed by atoms with Crippen LogP contribution in [0.4, 0.5) is 0 Å². The second-order valence-electron chi connectivity index (χ2n) is 12.8. The van der Waals surface area contributed by atoms with E-state index in [2.05, 4.69) is 0 Å². The van der Waals surface area contributed by atoms with Gasteiger partial charge in [0.1, 0.15) is 101 Å². The molecule has 11 N–H and O–H groups in total. The number of phenols is 1. The zero-order valence-electron chi connectivity index (χ0n) is 27.3. The lowest BCUT2D eigenvalue weighted by molar-refractivity contribution is -0.318. The zero-order valence-corrected chi connectivity index (χ0v) is 27.3. The Balaban J connectivity index is 1.17. The van der Waals surface area contributed by atoms with Gasteiger partial charge in [0.25, 0.3) is 0 Å². The molecule has 15 atom stereocenters. The molecule has 52 heavy (non-hydrogen) atoms. The van der Waals surface area contributed by atoms with Crippen molar-refractivity contribution in [3.05, 3.63) is 52.7 Å². The molecule has 0 spiro atoms. The average molecular weight is 741 g/mol. The third-order valence-electron chi connectivity index (χ3n) is 9.18. The molecule has 3 saturated heterocycles. The van der Waals surface area contributed by atoms with Crippen LogP contribution in [0.5, 0.6) is 17.2 Å². The van der Waals surface area contributed by atoms with Gasteiger partial charge in [-0.25, -0.2) is 0 Å². The van der Waals surface area contributed by atoms with Gasteiger partial charge in [0.15, 0.2) is 11.7 Å². The number of hydrogen-bond donors (Lipinski definition) is 11. The van der Waals surface area contributed by atoms with Gasteiger partial charge in [-0.2, -0.15) is 0 Å². The second kappa shape index (κ2) is 15.5. The van der Waals surface area contributed by atoms with Crippen molar-refractivity contribution in [3.8, 4) is 28.6 Å². The molecule has 2 aromatic carbocycles. The molecule has 0 aliphatic carbocycles. The van der Waals surface area contributed by atoms with E-state index in [0.717, 1.165) is 12.1 Å². The van der Waals surface area contributed by atoms with Crippen LogP contribution in [0, 0.1) is 0 Å². The van der Waals surface area contributed by atoms with Gasteiger partial charge in [-0.15, -0.1) is 0 Å². The zero-order chi connectivity index (χ0) is 37.6. The monoisotopic (exact) mass is 740 g/mol. The quantitative estimate of drug-likeness (QED) is 0.101. The van der Waals surface area contributed by atoms with Crippen molar-refractivity contribution < 1.29 is 89.0 Å². The van der Waals surface area contributed by atoms with Gasteiger partial charge in [0, 0.05) is 23.8 Å². The van der Waals surface area contributed by atoms with Gasteiger partial charge in [0.2, 0.25) is 12.6 Å². The van der Waals surface area contributed by atoms with Crippen LogP contribution >= 0.6 is 0 Å². The van der Waals surface area contributed by atoms with E-state index in [1.807, 2.05) is 0 Å². The maximum atomic E-state index is 13.0. The summed E-state index contributed by atoms with van der Waals surface area (Å²) < 4.78 is 39.0. The van der Waals surface area contributed by atoms with Gasteiger partial charge in [-0.3, -0.25) is 4.79 Å². The molecule has 0 amide bonds. The fourth-order valence-electron chi connectivity index (χ4n) is 6.08. The molecule has 3 aromatic rings. The van der Waals surface area contributed by atoms with Crippen LogP contribution in [0.2, 0.25) is 0 Å². The van der Waals surface area contributed by atoms with Gasteiger partial charge in [-0.1, -0.05) is 0 Å². The van der Waals surface area contributed by atoms with E-state index in [1.54, 1.807) is 0 Å². The Bertz CT molecular complexity index is 1730. The maximum Gasteiger partial charge on any atom is 0.229 e. The lowest BCUT2D eigenvalue weighted by atomic mass is 9.98. The van der Waals surface area contributed by atoms with Crippen molar-refractivity contribution in [1.29, 1.82) is 0 Å². The van der Waals surface area contributed by atoms with Crippen molar-refractivity contribution >= 4 is 11.0 Å². The number of ether oxygens (including phenoxy) is 6. The molecule has 4 heterocycles. The van der Waals surface area contributed by atoms with Crippen LogP contribution in [0.15, 0.2) is 51.7 Å². The fourth-order valence-corrected chi connectivity index (χ4v) is 6.08. The molecule has 0 saturated carbocycles. The minimum atomic E-state index is -1.82. The van der Waals surface area contributed by atoms with Crippen LogP contribution in [0.1, 0.15) is 6.92 Å². The van der Waals surface area contributed by atoms with Crippen molar-refractivity contribution in [2.24, 2.45) is 0 Å². The fraction of sp³-hybridized carbons (Fsp3) is 0.545. The summed E-state index contributed by atoms with van der Waals surface area (Å²) in [5, 5.41) is 112. The van der Waals surface area contributed by atoms with Crippen LogP contribution in [-0.4, -0.2) is 162 Å². The highest BCUT2D eigenvalue weighted by Crippen LogP contribution is 2.34. The molecule has 286 valence electrons. The molecule has 6 rings (SSSR count). The Kier molecular flexibility index (Phi) is 11.4. The second-order valence-corrected chi connectivity index (χ2v) is 12.8. The Morgan fingerprint density at radius 3 is 1.83 bits per heavy atom. The summed E-state index contributed by atoms with van der Waals surface area (Å²) in [6.07, 6.45) is -22.8. The van der Waals surface area contributed by atoms with E-state index in [4.69, 9.17) is 32.8 Å². The highest BCUT2D eigenvalue weighted by Gasteiger charge is 2.48. The number of hydrogen-bond acceptors (Lipinski definition) is 19. The predicted octanol–water partition coefficient (Wildman–Crippen LogP) is -3.63. The van der Waals surface area contributed by atoms with Gasteiger partial charge >= 0.3 is 0 Å².